The molecule has 0 aliphatic heterocycles. The number of hydrogen-bond acceptors (Lipinski definition) is 3. The van der Waals surface area contributed by atoms with Crippen LogP contribution in [-0.2, 0) is 4.79 Å². The zero-order valence-corrected chi connectivity index (χ0v) is 18.0. The average molecular weight is 465 g/mol. The third-order valence-electron chi connectivity index (χ3n) is 5.58. The Balaban J connectivity index is 2.06. The predicted octanol–water partition coefficient (Wildman–Crippen LogP) is 6.01. The van der Waals surface area contributed by atoms with E-state index in [-0.39, 0.29) is 27.5 Å². The molecule has 1 heterocycles. The van der Waals surface area contributed by atoms with Crippen LogP contribution in [0.2, 0.25) is 10.0 Å². The highest BCUT2D eigenvalue weighted by atomic mass is 35.5. The van der Waals surface area contributed by atoms with E-state index in [0.29, 0.717) is 23.5 Å². The van der Waals surface area contributed by atoms with Crippen molar-refractivity contribution < 1.29 is 13.6 Å². The van der Waals surface area contributed by atoms with Gasteiger partial charge in [0.15, 0.2) is 11.6 Å². The Morgan fingerprint density at radius 2 is 1.84 bits per heavy atom. The number of imidazole rings is 1. The van der Waals surface area contributed by atoms with Crippen LogP contribution in [0.25, 0.3) is 16.9 Å². The molecule has 1 aliphatic rings. The number of amides is 1. The molecule has 2 N–H and O–H groups in total. The van der Waals surface area contributed by atoms with Gasteiger partial charge >= 0.3 is 0 Å². The van der Waals surface area contributed by atoms with Crippen LogP contribution in [0.3, 0.4) is 0 Å². The molecule has 0 radical (unpaired) electrons. The minimum atomic E-state index is -0.630. The highest BCUT2D eigenvalue weighted by Crippen LogP contribution is 2.41. The molecule has 0 bridgehead atoms. The molecule has 1 amide bonds. The zero-order valence-electron chi connectivity index (χ0n) is 16.5. The van der Waals surface area contributed by atoms with E-state index in [0.717, 1.165) is 37.1 Å². The van der Waals surface area contributed by atoms with Gasteiger partial charge in [-0.2, -0.15) is 0 Å². The molecule has 3 aromatic rings. The molecule has 1 saturated carbocycles. The number of hydrazine groups is 1. The largest absolute Gasteiger partial charge is 0.291 e. The molecule has 1 aliphatic carbocycles. The van der Waals surface area contributed by atoms with Crippen molar-refractivity contribution in [2.75, 3.05) is 5.01 Å². The van der Waals surface area contributed by atoms with Gasteiger partial charge in [0.2, 0.25) is 6.41 Å². The second-order valence-electron chi connectivity index (χ2n) is 7.53. The van der Waals surface area contributed by atoms with E-state index < -0.39 is 11.6 Å². The van der Waals surface area contributed by atoms with Gasteiger partial charge < -0.3 is 0 Å². The molecular weight excluding hydrogens is 445 g/mol. The molecule has 0 saturated heterocycles. The number of halogens is 4. The second kappa shape index (κ2) is 8.94. The van der Waals surface area contributed by atoms with Crippen LogP contribution in [0, 0.1) is 11.6 Å². The van der Waals surface area contributed by atoms with Crippen LogP contribution >= 0.6 is 23.2 Å². The number of hydrogen-bond donors (Lipinski definition) is 1. The van der Waals surface area contributed by atoms with Crippen LogP contribution in [0.5, 0.6) is 0 Å². The van der Waals surface area contributed by atoms with E-state index in [4.69, 9.17) is 29.0 Å². The minimum Gasteiger partial charge on any atom is -0.291 e. The van der Waals surface area contributed by atoms with Crippen molar-refractivity contribution in [3.8, 4) is 16.9 Å². The lowest BCUT2D eigenvalue weighted by atomic mass is 9.88. The first-order chi connectivity index (χ1) is 14.9. The first kappa shape index (κ1) is 21.7. The van der Waals surface area contributed by atoms with Gasteiger partial charge in [-0.3, -0.25) is 9.36 Å². The zero-order chi connectivity index (χ0) is 22.1. The Hall–Kier alpha value is -2.48. The van der Waals surface area contributed by atoms with Gasteiger partial charge in [0, 0.05) is 11.5 Å². The molecule has 2 aromatic carbocycles. The molecule has 0 spiro atoms. The van der Waals surface area contributed by atoms with Crippen molar-refractivity contribution in [3.05, 3.63) is 63.9 Å². The monoisotopic (exact) mass is 464 g/mol. The Bertz CT molecular complexity index is 1130. The molecular formula is C22H20Cl2F2N4O. The first-order valence-corrected chi connectivity index (χ1v) is 10.7. The number of carbonyl (C=O) groups excluding carboxylic acids is 1. The SMILES string of the molecule is NN(C=O)c1nc(C2CCCCC2)n(-c2cccc(Cl)c2F)c1-c1ccc(F)c(Cl)c1. The van der Waals surface area contributed by atoms with Crippen LogP contribution < -0.4 is 10.9 Å². The molecule has 0 unspecified atom stereocenters. The number of benzene rings is 2. The Morgan fingerprint density at radius 3 is 2.52 bits per heavy atom. The van der Waals surface area contributed by atoms with Gasteiger partial charge in [-0.05, 0) is 43.2 Å². The quantitative estimate of drug-likeness (QED) is 0.217. The molecule has 1 aromatic heterocycles. The summed E-state index contributed by atoms with van der Waals surface area (Å²) in [5, 5.41) is 0.666. The molecule has 9 heteroatoms. The van der Waals surface area contributed by atoms with Crippen LogP contribution in [0.1, 0.15) is 43.8 Å². The fourth-order valence-electron chi connectivity index (χ4n) is 4.10. The summed E-state index contributed by atoms with van der Waals surface area (Å²) in [4.78, 5) is 16.2. The van der Waals surface area contributed by atoms with Gasteiger partial charge in [-0.15, -0.1) is 0 Å². The van der Waals surface area contributed by atoms with E-state index in [2.05, 4.69) is 4.98 Å². The van der Waals surface area contributed by atoms with Crippen molar-refractivity contribution in [1.82, 2.24) is 9.55 Å². The van der Waals surface area contributed by atoms with Gasteiger partial charge in [0.25, 0.3) is 0 Å². The van der Waals surface area contributed by atoms with Crippen molar-refractivity contribution in [3.63, 3.8) is 0 Å². The maximum absolute atomic E-state index is 15.2. The Labute approximate surface area is 188 Å². The highest BCUT2D eigenvalue weighted by Gasteiger charge is 2.30. The number of anilines is 1. The minimum absolute atomic E-state index is 0.0376. The molecule has 1 fully saturated rings. The third kappa shape index (κ3) is 4.05. The van der Waals surface area contributed by atoms with E-state index in [1.807, 2.05) is 0 Å². The van der Waals surface area contributed by atoms with E-state index in [1.54, 1.807) is 16.7 Å². The van der Waals surface area contributed by atoms with Crippen LogP contribution in [0.15, 0.2) is 36.4 Å². The summed E-state index contributed by atoms with van der Waals surface area (Å²) in [5.74, 6) is 5.43. The summed E-state index contributed by atoms with van der Waals surface area (Å²) in [6.45, 7) is 0. The number of carbonyl (C=O) groups is 1. The standard InChI is InChI=1S/C22H20Cl2F2N4O/c23-15-7-4-8-18(19(15)26)30-20(14-9-10-17(25)16(24)11-14)22(29(27)12-31)28-21(30)13-5-2-1-3-6-13/h4,7-13H,1-3,5-6,27H2. The Morgan fingerprint density at radius 1 is 1.10 bits per heavy atom. The summed E-state index contributed by atoms with van der Waals surface area (Å²) < 4.78 is 30.7. The molecule has 4 rings (SSSR count). The lowest BCUT2D eigenvalue weighted by Gasteiger charge is -2.23. The summed E-state index contributed by atoms with van der Waals surface area (Å²) >= 11 is 12.1. The summed E-state index contributed by atoms with van der Waals surface area (Å²) in [5.41, 5.74) is 0.937. The lowest BCUT2D eigenvalue weighted by molar-refractivity contribution is -0.107. The fourth-order valence-corrected chi connectivity index (χ4v) is 4.45. The van der Waals surface area contributed by atoms with Crippen LogP contribution in [0.4, 0.5) is 14.6 Å². The maximum atomic E-state index is 15.2. The van der Waals surface area contributed by atoms with Gasteiger partial charge in [-0.1, -0.05) is 48.5 Å². The maximum Gasteiger partial charge on any atom is 0.229 e. The lowest BCUT2D eigenvalue weighted by Crippen LogP contribution is -2.29. The Kier molecular flexibility index (Phi) is 6.27. The summed E-state index contributed by atoms with van der Waals surface area (Å²) in [7, 11) is 0. The van der Waals surface area contributed by atoms with Crippen molar-refractivity contribution in [1.29, 1.82) is 0 Å². The molecule has 162 valence electrons. The topological polar surface area (TPSA) is 64.2 Å². The normalized spacial score (nSPS) is 14.6. The van der Waals surface area contributed by atoms with Crippen LogP contribution in [-0.4, -0.2) is 16.0 Å². The van der Waals surface area contributed by atoms with Crippen molar-refractivity contribution in [2.24, 2.45) is 5.84 Å². The smallest absolute Gasteiger partial charge is 0.229 e. The number of nitrogens with two attached hydrogens (primary N) is 1. The molecule has 0 atom stereocenters. The molecule has 5 nitrogen and oxygen atoms in total. The van der Waals surface area contributed by atoms with E-state index in [1.165, 1.54) is 24.3 Å². The second-order valence-corrected chi connectivity index (χ2v) is 8.34. The highest BCUT2D eigenvalue weighted by molar-refractivity contribution is 6.31. The summed E-state index contributed by atoms with van der Waals surface area (Å²) in [6, 6.07) is 8.76. The molecule has 31 heavy (non-hydrogen) atoms. The van der Waals surface area contributed by atoms with E-state index >= 15 is 4.39 Å². The average Bonchev–Trinajstić information content (AvgIpc) is 3.18. The van der Waals surface area contributed by atoms with Crippen molar-refractivity contribution in [2.45, 2.75) is 38.0 Å². The van der Waals surface area contributed by atoms with Gasteiger partial charge in [-0.25, -0.2) is 24.6 Å². The fraction of sp³-hybridized carbons (Fsp3) is 0.273. The van der Waals surface area contributed by atoms with E-state index in [9.17, 15) is 9.18 Å². The third-order valence-corrected chi connectivity index (χ3v) is 6.16. The van der Waals surface area contributed by atoms with Gasteiger partial charge in [0.1, 0.15) is 11.6 Å². The predicted molar refractivity (Wildman–Crippen MR) is 117 cm³/mol. The summed E-state index contributed by atoms with van der Waals surface area (Å²) in [6.07, 6.45) is 5.31. The number of rotatable bonds is 5. The number of aromatic nitrogens is 2. The van der Waals surface area contributed by atoms with Gasteiger partial charge in [0.05, 0.1) is 21.4 Å². The number of nitrogens with zero attached hydrogens (tertiary/aromatic N) is 3. The van der Waals surface area contributed by atoms with Crippen molar-refractivity contribution >= 4 is 35.4 Å². The first-order valence-electron chi connectivity index (χ1n) is 9.94.